The van der Waals surface area contributed by atoms with Crippen LogP contribution >= 0.6 is 11.6 Å². The summed E-state index contributed by atoms with van der Waals surface area (Å²) in [5.41, 5.74) is 0.925. The quantitative estimate of drug-likeness (QED) is 0.822. The van der Waals surface area contributed by atoms with Crippen molar-refractivity contribution in [3.63, 3.8) is 0 Å². The Kier molecular flexibility index (Phi) is 6.44. The van der Waals surface area contributed by atoms with Gasteiger partial charge in [0.05, 0.1) is 10.7 Å². The molecule has 18 heavy (non-hydrogen) atoms. The van der Waals surface area contributed by atoms with Crippen molar-refractivity contribution in [1.82, 2.24) is 10.3 Å². The highest BCUT2D eigenvalue weighted by Crippen LogP contribution is 2.21. The summed E-state index contributed by atoms with van der Waals surface area (Å²) in [4.78, 5) is 6.90. The Morgan fingerprint density at radius 1 is 1.28 bits per heavy atom. The first-order chi connectivity index (χ1) is 8.63. The second-order valence-corrected chi connectivity index (χ2v) is 4.87. The van der Waals surface area contributed by atoms with Crippen LogP contribution in [0.25, 0.3) is 0 Å². The fraction of sp³-hybridized carbons (Fsp3) is 0.643. The third kappa shape index (κ3) is 3.85. The summed E-state index contributed by atoms with van der Waals surface area (Å²) in [5, 5.41) is 4.00. The van der Waals surface area contributed by atoms with Crippen LogP contribution in [-0.2, 0) is 6.54 Å². The molecule has 0 radical (unpaired) electrons. The molecule has 3 nitrogen and oxygen atoms in total. The van der Waals surface area contributed by atoms with E-state index in [1.54, 1.807) is 0 Å². The third-order valence-electron chi connectivity index (χ3n) is 3.30. The van der Waals surface area contributed by atoms with Crippen LogP contribution < -0.4 is 10.2 Å². The zero-order valence-corrected chi connectivity index (χ0v) is 12.6. The zero-order valence-electron chi connectivity index (χ0n) is 11.8. The van der Waals surface area contributed by atoms with Crippen molar-refractivity contribution < 1.29 is 0 Å². The fourth-order valence-electron chi connectivity index (χ4n) is 2.06. The van der Waals surface area contributed by atoms with Gasteiger partial charge in [0.25, 0.3) is 0 Å². The zero-order chi connectivity index (χ0) is 13.5. The lowest BCUT2D eigenvalue weighted by Gasteiger charge is -2.27. The summed E-state index contributed by atoms with van der Waals surface area (Å²) in [7, 11) is 2.10. The van der Waals surface area contributed by atoms with Gasteiger partial charge in [-0.1, -0.05) is 32.4 Å². The molecule has 0 atom stereocenters. The van der Waals surface area contributed by atoms with Crippen molar-refractivity contribution in [2.45, 2.75) is 46.2 Å². The average Bonchev–Trinajstić information content (AvgIpc) is 2.39. The molecular weight excluding hydrogens is 246 g/mol. The second-order valence-electron chi connectivity index (χ2n) is 4.46. The molecule has 0 unspecified atom stereocenters. The molecule has 0 amide bonds. The van der Waals surface area contributed by atoms with Crippen molar-refractivity contribution in [1.29, 1.82) is 0 Å². The molecule has 0 saturated carbocycles. The summed E-state index contributed by atoms with van der Waals surface area (Å²) in [5.74, 6) is 1.00. The lowest BCUT2D eigenvalue weighted by atomic mass is 10.1. The largest absolute Gasteiger partial charge is 0.357 e. The molecule has 0 saturated heterocycles. The van der Waals surface area contributed by atoms with Crippen LogP contribution in [0.3, 0.4) is 0 Å². The number of aromatic nitrogens is 1. The van der Waals surface area contributed by atoms with Crippen LogP contribution in [-0.4, -0.2) is 24.6 Å². The molecule has 1 N–H and O–H groups in total. The minimum atomic E-state index is 0.533. The van der Waals surface area contributed by atoms with Crippen molar-refractivity contribution in [3.05, 3.63) is 22.8 Å². The molecular formula is C14H24ClN3. The predicted octanol–water partition coefficient (Wildman–Crippen LogP) is 3.47. The molecule has 1 heterocycles. The average molecular weight is 270 g/mol. The maximum atomic E-state index is 6.16. The molecule has 0 aromatic carbocycles. The Bertz CT molecular complexity index is 364. The molecule has 0 spiro atoms. The van der Waals surface area contributed by atoms with Crippen LogP contribution in [0.15, 0.2) is 12.1 Å². The lowest BCUT2D eigenvalue weighted by molar-refractivity contribution is 0.585. The van der Waals surface area contributed by atoms with Crippen LogP contribution in [0.4, 0.5) is 5.82 Å². The normalized spacial score (nSPS) is 11.0. The Labute approximate surface area is 116 Å². The van der Waals surface area contributed by atoms with Crippen molar-refractivity contribution >= 4 is 17.4 Å². The van der Waals surface area contributed by atoms with Gasteiger partial charge in [0.1, 0.15) is 5.82 Å². The Morgan fingerprint density at radius 2 is 1.94 bits per heavy atom. The van der Waals surface area contributed by atoms with Gasteiger partial charge in [0.2, 0.25) is 0 Å². The van der Waals surface area contributed by atoms with E-state index < -0.39 is 0 Å². The van der Waals surface area contributed by atoms with E-state index in [9.17, 15) is 0 Å². The van der Waals surface area contributed by atoms with E-state index in [1.165, 1.54) is 0 Å². The monoisotopic (exact) mass is 269 g/mol. The number of pyridine rings is 1. The van der Waals surface area contributed by atoms with Crippen LogP contribution in [0.5, 0.6) is 0 Å². The van der Waals surface area contributed by atoms with Gasteiger partial charge in [-0.3, -0.25) is 0 Å². The summed E-state index contributed by atoms with van der Waals surface area (Å²) in [6, 6.07) is 4.47. The molecule has 4 heteroatoms. The predicted molar refractivity (Wildman–Crippen MR) is 79.4 cm³/mol. The van der Waals surface area contributed by atoms with E-state index in [4.69, 9.17) is 11.6 Å². The maximum absolute atomic E-state index is 6.16. The highest BCUT2D eigenvalue weighted by molar-refractivity contribution is 6.31. The van der Waals surface area contributed by atoms with Crippen LogP contribution in [0.1, 0.15) is 39.3 Å². The maximum Gasteiger partial charge on any atom is 0.128 e. The van der Waals surface area contributed by atoms with Gasteiger partial charge in [-0.25, -0.2) is 4.98 Å². The number of nitrogens with zero attached hydrogens (tertiary/aromatic N) is 2. The van der Waals surface area contributed by atoms with E-state index in [-0.39, 0.29) is 0 Å². The molecule has 102 valence electrons. The summed E-state index contributed by atoms with van der Waals surface area (Å²) in [6.45, 7) is 8.14. The van der Waals surface area contributed by atoms with E-state index in [1.807, 2.05) is 12.1 Å². The second kappa shape index (κ2) is 7.59. The number of anilines is 1. The number of rotatable bonds is 7. The minimum absolute atomic E-state index is 0.533. The number of nitrogens with one attached hydrogen (secondary N) is 1. The van der Waals surface area contributed by atoms with Gasteiger partial charge < -0.3 is 10.2 Å². The molecule has 0 aliphatic heterocycles. The van der Waals surface area contributed by atoms with Gasteiger partial charge in [0.15, 0.2) is 0 Å². The van der Waals surface area contributed by atoms with E-state index in [2.05, 4.69) is 43.0 Å². The van der Waals surface area contributed by atoms with Gasteiger partial charge in [0, 0.05) is 19.6 Å². The van der Waals surface area contributed by atoms with Gasteiger partial charge in [-0.15, -0.1) is 0 Å². The first-order valence-corrected chi connectivity index (χ1v) is 7.10. The molecule has 0 aliphatic rings. The summed E-state index contributed by atoms with van der Waals surface area (Å²) < 4.78 is 0. The minimum Gasteiger partial charge on any atom is -0.357 e. The van der Waals surface area contributed by atoms with Crippen LogP contribution in [0, 0.1) is 0 Å². The standard InChI is InChI=1S/C14H24ClN3/c1-5-11(6-2)18(4)14-9-8-12(15)13(17-14)10-16-7-3/h8-9,11,16H,5-7,10H2,1-4H3. The van der Waals surface area contributed by atoms with E-state index >= 15 is 0 Å². The summed E-state index contributed by atoms with van der Waals surface area (Å²) >= 11 is 6.16. The van der Waals surface area contributed by atoms with Crippen molar-refractivity contribution in [2.24, 2.45) is 0 Å². The SMILES string of the molecule is CCNCc1nc(N(C)C(CC)CC)ccc1Cl. The van der Waals surface area contributed by atoms with E-state index in [0.29, 0.717) is 6.04 Å². The Balaban J connectivity index is 2.89. The summed E-state index contributed by atoms with van der Waals surface area (Å²) in [6.07, 6.45) is 2.25. The van der Waals surface area contributed by atoms with Gasteiger partial charge in [-0.2, -0.15) is 0 Å². The number of halogens is 1. The van der Waals surface area contributed by atoms with Crippen molar-refractivity contribution in [2.75, 3.05) is 18.5 Å². The lowest BCUT2D eigenvalue weighted by Crippen LogP contribution is -2.31. The highest BCUT2D eigenvalue weighted by Gasteiger charge is 2.13. The van der Waals surface area contributed by atoms with E-state index in [0.717, 1.165) is 42.5 Å². The van der Waals surface area contributed by atoms with Crippen LogP contribution in [0.2, 0.25) is 5.02 Å². The smallest absolute Gasteiger partial charge is 0.128 e. The van der Waals surface area contributed by atoms with Gasteiger partial charge in [-0.05, 0) is 31.5 Å². The number of hydrogen-bond acceptors (Lipinski definition) is 3. The molecule has 0 fully saturated rings. The molecule has 1 aromatic heterocycles. The van der Waals surface area contributed by atoms with Gasteiger partial charge >= 0.3 is 0 Å². The molecule has 0 aliphatic carbocycles. The molecule has 1 rings (SSSR count). The fourth-order valence-corrected chi connectivity index (χ4v) is 2.23. The third-order valence-corrected chi connectivity index (χ3v) is 3.64. The Morgan fingerprint density at radius 3 is 2.50 bits per heavy atom. The number of hydrogen-bond donors (Lipinski definition) is 1. The molecule has 1 aromatic rings. The first kappa shape index (κ1) is 15.3. The molecule has 0 bridgehead atoms. The Hall–Kier alpha value is -0.800. The highest BCUT2D eigenvalue weighted by atomic mass is 35.5. The van der Waals surface area contributed by atoms with Crippen molar-refractivity contribution in [3.8, 4) is 0 Å². The topological polar surface area (TPSA) is 28.2 Å². The first-order valence-electron chi connectivity index (χ1n) is 6.72.